The number of nitrogens with zero attached hydrogens (tertiary/aromatic N) is 1. The number of hydrogen-bond acceptors (Lipinski definition) is 2. The maximum absolute atomic E-state index is 13.8. The van der Waals surface area contributed by atoms with Crippen LogP contribution >= 0.6 is 0 Å². The van der Waals surface area contributed by atoms with E-state index in [1.807, 2.05) is 6.07 Å². The van der Waals surface area contributed by atoms with Crippen LogP contribution in [0, 0.1) is 11.7 Å². The van der Waals surface area contributed by atoms with Crippen molar-refractivity contribution in [1.82, 2.24) is 4.90 Å². The molecule has 2 nitrogen and oxygen atoms in total. The van der Waals surface area contributed by atoms with E-state index >= 15 is 0 Å². The molecule has 0 amide bonds. The second kappa shape index (κ2) is 11.3. The summed E-state index contributed by atoms with van der Waals surface area (Å²) < 4.78 is 13.8. The van der Waals surface area contributed by atoms with Gasteiger partial charge in [0, 0.05) is 18.9 Å². The van der Waals surface area contributed by atoms with Crippen LogP contribution in [0.5, 0.6) is 0 Å². The highest BCUT2D eigenvalue weighted by molar-refractivity contribution is 5.19. The second-order valence-electron chi connectivity index (χ2n) is 9.34. The average Bonchev–Trinajstić information content (AvgIpc) is 2.68. The Morgan fingerprint density at radius 3 is 2.25 bits per heavy atom. The molecule has 3 rings (SSSR count). The molecule has 1 aliphatic carbocycles. The van der Waals surface area contributed by atoms with Crippen molar-refractivity contribution in [3.8, 4) is 0 Å². The van der Waals surface area contributed by atoms with Crippen LogP contribution in [0.2, 0.25) is 0 Å². The molecule has 1 aromatic rings. The first-order valence-electron chi connectivity index (χ1n) is 11.8. The second-order valence-corrected chi connectivity index (χ2v) is 9.34. The van der Waals surface area contributed by atoms with Gasteiger partial charge in [-0.3, -0.25) is 0 Å². The molecule has 0 aromatic heterocycles. The van der Waals surface area contributed by atoms with E-state index in [0.717, 1.165) is 31.4 Å². The first-order chi connectivity index (χ1) is 13.7. The van der Waals surface area contributed by atoms with Crippen LogP contribution < -0.4 is 0 Å². The highest BCUT2D eigenvalue weighted by atomic mass is 19.1. The van der Waals surface area contributed by atoms with Gasteiger partial charge in [-0.15, -0.1) is 0 Å². The molecule has 1 saturated heterocycles. The first kappa shape index (κ1) is 21.8. The largest absolute Gasteiger partial charge is 0.389 e. The molecular formula is C25H40FNO. The summed E-state index contributed by atoms with van der Waals surface area (Å²) in [6.45, 7) is 3.35. The number of rotatable bonds is 4. The Hall–Kier alpha value is -0.930. The summed E-state index contributed by atoms with van der Waals surface area (Å²) in [5.41, 5.74) is 0.225. The Bertz CT molecular complexity index is 571. The van der Waals surface area contributed by atoms with Crippen molar-refractivity contribution in [2.75, 3.05) is 19.6 Å². The Kier molecular flexibility index (Phi) is 8.79. The van der Waals surface area contributed by atoms with Crippen molar-refractivity contribution in [2.24, 2.45) is 5.92 Å². The summed E-state index contributed by atoms with van der Waals surface area (Å²) in [5.74, 6) is 0.0927. The summed E-state index contributed by atoms with van der Waals surface area (Å²) in [6.07, 6.45) is 16.6. The molecule has 0 bridgehead atoms. The fourth-order valence-corrected chi connectivity index (χ4v) is 5.30. The number of halogens is 1. The lowest BCUT2D eigenvalue weighted by atomic mass is 9.75. The van der Waals surface area contributed by atoms with Gasteiger partial charge in [0.2, 0.25) is 0 Å². The predicted molar refractivity (Wildman–Crippen MR) is 115 cm³/mol. The molecule has 2 unspecified atom stereocenters. The Labute approximate surface area is 171 Å². The third-order valence-corrected chi connectivity index (χ3v) is 7.00. The summed E-state index contributed by atoms with van der Waals surface area (Å²) >= 11 is 0. The molecule has 28 heavy (non-hydrogen) atoms. The van der Waals surface area contributed by atoms with Crippen molar-refractivity contribution in [1.29, 1.82) is 0 Å². The summed E-state index contributed by atoms with van der Waals surface area (Å²) in [6, 6.07) is 6.88. The predicted octanol–water partition coefficient (Wildman–Crippen LogP) is 6.12. The van der Waals surface area contributed by atoms with Gasteiger partial charge in [-0.25, -0.2) is 4.39 Å². The smallest absolute Gasteiger partial charge is 0.123 e. The third-order valence-electron chi connectivity index (χ3n) is 7.00. The molecule has 1 aliphatic heterocycles. The summed E-state index contributed by atoms with van der Waals surface area (Å²) in [4.78, 5) is 2.58. The lowest BCUT2D eigenvalue weighted by Crippen LogP contribution is -2.47. The van der Waals surface area contributed by atoms with Gasteiger partial charge >= 0.3 is 0 Å². The maximum atomic E-state index is 13.8. The topological polar surface area (TPSA) is 23.5 Å². The highest BCUT2D eigenvalue weighted by Gasteiger charge is 2.37. The highest BCUT2D eigenvalue weighted by Crippen LogP contribution is 2.34. The molecule has 0 radical (unpaired) electrons. The molecule has 1 N–H and O–H groups in total. The van der Waals surface area contributed by atoms with Crippen LogP contribution in [0.3, 0.4) is 0 Å². The van der Waals surface area contributed by atoms with Gasteiger partial charge in [-0.05, 0) is 56.5 Å². The number of piperidine rings is 1. The van der Waals surface area contributed by atoms with E-state index in [0.29, 0.717) is 6.42 Å². The molecule has 1 aromatic carbocycles. The van der Waals surface area contributed by atoms with Crippen molar-refractivity contribution >= 4 is 0 Å². The minimum Gasteiger partial charge on any atom is -0.389 e. The van der Waals surface area contributed by atoms with E-state index < -0.39 is 5.60 Å². The molecular weight excluding hydrogens is 349 g/mol. The zero-order valence-corrected chi connectivity index (χ0v) is 17.7. The number of hydrogen-bond donors (Lipinski definition) is 1. The van der Waals surface area contributed by atoms with E-state index in [2.05, 4.69) is 4.90 Å². The van der Waals surface area contributed by atoms with E-state index in [4.69, 9.17) is 0 Å². The maximum Gasteiger partial charge on any atom is 0.123 e. The molecule has 0 spiro atoms. The molecule has 1 saturated carbocycles. The Morgan fingerprint density at radius 1 is 0.893 bits per heavy atom. The molecule has 2 fully saturated rings. The van der Waals surface area contributed by atoms with Crippen molar-refractivity contribution in [2.45, 2.75) is 95.5 Å². The third kappa shape index (κ3) is 6.84. The monoisotopic (exact) mass is 389 g/mol. The number of benzene rings is 1. The Morgan fingerprint density at radius 2 is 1.54 bits per heavy atom. The fourth-order valence-electron chi connectivity index (χ4n) is 5.30. The lowest BCUT2D eigenvalue weighted by Gasteiger charge is -2.41. The average molecular weight is 390 g/mol. The van der Waals surface area contributed by atoms with Crippen LogP contribution in [0.25, 0.3) is 0 Å². The van der Waals surface area contributed by atoms with Crippen molar-refractivity contribution in [3.05, 3.63) is 35.6 Å². The Balaban J connectivity index is 1.77. The molecule has 1 heterocycles. The first-order valence-corrected chi connectivity index (χ1v) is 11.8. The van der Waals surface area contributed by atoms with Gasteiger partial charge in [-0.1, -0.05) is 69.9 Å². The quantitative estimate of drug-likeness (QED) is 0.671. The van der Waals surface area contributed by atoms with Crippen LogP contribution in [0.15, 0.2) is 24.3 Å². The zero-order chi connectivity index (χ0) is 19.7. The van der Waals surface area contributed by atoms with Crippen LogP contribution in [0.4, 0.5) is 4.39 Å². The van der Waals surface area contributed by atoms with E-state index in [-0.39, 0.29) is 11.7 Å². The van der Waals surface area contributed by atoms with Crippen molar-refractivity contribution < 1.29 is 9.50 Å². The van der Waals surface area contributed by atoms with Gasteiger partial charge in [0.25, 0.3) is 0 Å². The molecule has 158 valence electrons. The number of aliphatic hydroxyl groups is 1. The van der Waals surface area contributed by atoms with Gasteiger partial charge in [-0.2, -0.15) is 0 Å². The van der Waals surface area contributed by atoms with Crippen LogP contribution in [-0.4, -0.2) is 35.2 Å². The number of likely N-dealkylation sites (tertiary alicyclic amines) is 1. The van der Waals surface area contributed by atoms with Gasteiger partial charge in [0.15, 0.2) is 0 Å². The molecule has 2 atom stereocenters. The minimum atomic E-state index is -0.718. The summed E-state index contributed by atoms with van der Waals surface area (Å²) in [7, 11) is 0. The zero-order valence-electron chi connectivity index (χ0n) is 17.7. The van der Waals surface area contributed by atoms with Crippen molar-refractivity contribution in [3.63, 3.8) is 0 Å². The lowest BCUT2D eigenvalue weighted by molar-refractivity contribution is -0.0462. The summed E-state index contributed by atoms with van der Waals surface area (Å²) in [5, 5.41) is 11.9. The van der Waals surface area contributed by atoms with E-state index in [9.17, 15) is 9.50 Å². The SMILES string of the molecule is OC1(Cc2cccc(F)c2)CCCCCCCCCCC1CN1CCCCC1. The molecule has 3 heteroatoms. The van der Waals surface area contributed by atoms with Gasteiger partial charge in [0.1, 0.15) is 5.82 Å². The normalized spacial score (nSPS) is 29.0. The van der Waals surface area contributed by atoms with E-state index in [1.165, 1.54) is 83.4 Å². The van der Waals surface area contributed by atoms with Crippen LogP contribution in [-0.2, 0) is 6.42 Å². The minimum absolute atomic E-state index is 0.193. The van der Waals surface area contributed by atoms with Gasteiger partial charge in [0.05, 0.1) is 5.60 Å². The fraction of sp³-hybridized carbons (Fsp3) is 0.760. The molecule has 2 aliphatic rings. The standard InChI is InChI=1S/C25H40FNO/c26-24-15-12-13-22(19-24)20-25(28)16-9-6-4-2-1-3-5-8-14-23(25)21-27-17-10-7-11-18-27/h12-13,15,19,23,28H,1-11,14,16-18,20-21H2. The van der Waals surface area contributed by atoms with Crippen LogP contribution in [0.1, 0.15) is 89.0 Å². The van der Waals surface area contributed by atoms with Gasteiger partial charge < -0.3 is 10.0 Å². The van der Waals surface area contributed by atoms with E-state index in [1.54, 1.807) is 12.1 Å².